The number of aryl methyl sites for hydroxylation is 2. The molecule has 308 valence electrons. The Morgan fingerprint density at radius 1 is 0.557 bits per heavy atom. The van der Waals surface area contributed by atoms with Crippen LogP contribution in [-0.4, -0.2) is 0 Å². The maximum Gasteiger partial charge on any atom is 0.000513 e. The molecular weight excluding hydrogens is 733 g/mol. The molecule has 8 aromatic carbocycles. The lowest BCUT2D eigenvalue weighted by atomic mass is 9.85. The molecule has 0 radical (unpaired) electrons. The van der Waals surface area contributed by atoms with Gasteiger partial charge >= 0.3 is 0 Å². The molecule has 8 rings (SSSR count). The highest BCUT2D eigenvalue weighted by molar-refractivity contribution is 5.97. The first-order valence-corrected chi connectivity index (χ1v) is 21.9. The Hall–Kier alpha value is -6.50. The molecule has 0 saturated carbocycles. The number of allylic oxidation sites excluding steroid dienone is 4. The van der Waals surface area contributed by atoms with Gasteiger partial charge in [-0.15, -0.1) is 6.58 Å². The van der Waals surface area contributed by atoms with Crippen LogP contribution in [0.5, 0.6) is 0 Å². The summed E-state index contributed by atoms with van der Waals surface area (Å²) in [5, 5.41) is 5.14. The molecule has 0 aliphatic heterocycles. The molecule has 2 unspecified atom stereocenters. The molecule has 0 aromatic heterocycles. The first kappa shape index (κ1) is 45.6. The van der Waals surface area contributed by atoms with Gasteiger partial charge in [0.15, 0.2) is 0 Å². The standard InChI is InChI=1S/C41H36.C11H14.C7H8.C2H6/c1-5-28(2)33-17-10-18-34(26-33)41(25-30(4)36-21-11-15-31-13-6-8-19-37(31)36)40-27-35(24-23-29(40)3)39-22-12-16-32-14-7-9-20-38(32)39;1-10(2)8-9-11-6-4-3-5-7-11;1-7-5-3-2-4-6-7;1-2/h5-28,30H,1H2,2-4H3;3-8H,9H2,1-2H3;2-6H,1H3;1-2H3/b41-25-;;;. The second-order valence-electron chi connectivity index (χ2n) is 15.8. The fourth-order valence-electron chi connectivity index (χ4n) is 7.48. The zero-order chi connectivity index (χ0) is 43.6. The molecule has 0 aliphatic carbocycles. The Morgan fingerprint density at radius 2 is 1.13 bits per heavy atom. The Labute approximate surface area is 367 Å². The minimum Gasteiger partial charge on any atom is -0.102 e. The Bertz CT molecular complexity index is 2640. The van der Waals surface area contributed by atoms with Crippen LogP contribution < -0.4 is 0 Å². The van der Waals surface area contributed by atoms with Gasteiger partial charge in [0.1, 0.15) is 0 Å². The molecule has 0 spiro atoms. The van der Waals surface area contributed by atoms with Crippen molar-refractivity contribution in [2.75, 3.05) is 0 Å². The molecule has 0 amide bonds. The van der Waals surface area contributed by atoms with Crippen LogP contribution in [0.2, 0.25) is 0 Å². The van der Waals surface area contributed by atoms with Crippen LogP contribution in [0.1, 0.15) is 92.3 Å². The average Bonchev–Trinajstić information content (AvgIpc) is 3.31. The van der Waals surface area contributed by atoms with Crippen molar-refractivity contribution in [3.63, 3.8) is 0 Å². The zero-order valence-electron chi connectivity index (χ0n) is 37.7. The molecule has 8 aromatic rings. The number of benzene rings is 8. The van der Waals surface area contributed by atoms with E-state index in [1.807, 2.05) is 44.2 Å². The van der Waals surface area contributed by atoms with Crippen molar-refractivity contribution in [3.8, 4) is 11.1 Å². The summed E-state index contributed by atoms with van der Waals surface area (Å²) in [5.41, 5.74) is 14.3. The summed E-state index contributed by atoms with van der Waals surface area (Å²) in [7, 11) is 0. The summed E-state index contributed by atoms with van der Waals surface area (Å²) in [5.74, 6) is 0.506. The summed E-state index contributed by atoms with van der Waals surface area (Å²) in [6.07, 6.45) is 7.79. The van der Waals surface area contributed by atoms with Crippen LogP contribution in [0.15, 0.2) is 218 Å². The monoisotopic (exact) mass is 797 g/mol. The molecular formula is C61H64. The summed E-state index contributed by atoms with van der Waals surface area (Å²) in [4.78, 5) is 0. The van der Waals surface area contributed by atoms with E-state index in [1.165, 1.54) is 82.8 Å². The van der Waals surface area contributed by atoms with Gasteiger partial charge < -0.3 is 0 Å². The van der Waals surface area contributed by atoms with E-state index >= 15 is 0 Å². The molecule has 2 atom stereocenters. The second kappa shape index (κ2) is 23.3. The molecule has 0 aliphatic rings. The van der Waals surface area contributed by atoms with Gasteiger partial charge in [0.05, 0.1) is 0 Å². The van der Waals surface area contributed by atoms with Crippen molar-refractivity contribution < 1.29 is 0 Å². The fourth-order valence-corrected chi connectivity index (χ4v) is 7.48. The van der Waals surface area contributed by atoms with Crippen molar-refractivity contribution in [1.82, 2.24) is 0 Å². The van der Waals surface area contributed by atoms with E-state index in [-0.39, 0.29) is 11.8 Å². The molecule has 61 heavy (non-hydrogen) atoms. The summed E-state index contributed by atoms with van der Waals surface area (Å²) < 4.78 is 0. The Kier molecular flexibility index (Phi) is 17.4. The van der Waals surface area contributed by atoms with E-state index in [2.05, 4.69) is 224 Å². The molecule has 0 bridgehead atoms. The topological polar surface area (TPSA) is 0 Å². The van der Waals surface area contributed by atoms with Crippen LogP contribution in [0.4, 0.5) is 0 Å². The van der Waals surface area contributed by atoms with Crippen LogP contribution in [-0.2, 0) is 6.42 Å². The lowest BCUT2D eigenvalue weighted by molar-refractivity contribution is 0.968. The van der Waals surface area contributed by atoms with Crippen LogP contribution in [0.3, 0.4) is 0 Å². The fraction of sp³-hybridized carbons (Fsp3) is 0.180. The highest BCUT2D eigenvalue weighted by atomic mass is 14.2. The minimum atomic E-state index is 0.220. The predicted molar refractivity (Wildman–Crippen MR) is 271 cm³/mol. The van der Waals surface area contributed by atoms with Crippen molar-refractivity contribution in [1.29, 1.82) is 0 Å². The quantitative estimate of drug-likeness (QED) is 0.128. The second-order valence-corrected chi connectivity index (χ2v) is 15.8. The van der Waals surface area contributed by atoms with E-state index in [0.29, 0.717) is 0 Å². The minimum absolute atomic E-state index is 0.220. The SMILES string of the molecule is C=CC(C)c1cccc(/C(=C/C(C)c2cccc3ccccc23)c2cc(-c3cccc4ccccc34)ccc2C)c1.CC.CC(C)=CCc1ccccc1.Cc1ccccc1. The highest BCUT2D eigenvalue weighted by Gasteiger charge is 2.16. The van der Waals surface area contributed by atoms with Gasteiger partial charge in [0.2, 0.25) is 0 Å². The summed E-state index contributed by atoms with van der Waals surface area (Å²) in [6, 6.07) is 67.3. The normalized spacial score (nSPS) is 11.7. The largest absolute Gasteiger partial charge is 0.102 e. The predicted octanol–water partition coefficient (Wildman–Crippen LogP) is 17.7. The van der Waals surface area contributed by atoms with E-state index in [0.717, 1.165) is 6.42 Å². The number of fused-ring (bicyclic) bond motifs is 2. The maximum atomic E-state index is 4.06. The lowest BCUT2D eigenvalue weighted by Gasteiger charge is -2.19. The average molecular weight is 797 g/mol. The number of hydrogen-bond acceptors (Lipinski definition) is 0. The Balaban J connectivity index is 0.000000289. The lowest BCUT2D eigenvalue weighted by Crippen LogP contribution is -1.99. The van der Waals surface area contributed by atoms with Crippen molar-refractivity contribution in [2.45, 2.75) is 73.6 Å². The van der Waals surface area contributed by atoms with Gasteiger partial charge in [-0.1, -0.05) is 239 Å². The van der Waals surface area contributed by atoms with Crippen molar-refractivity contribution in [2.24, 2.45) is 0 Å². The van der Waals surface area contributed by atoms with Gasteiger partial charge in [0.25, 0.3) is 0 Å². The van der Waals surface area contributed by atoms with E-state index < -0.39 is 0 Å². The summed E-state index contributed by atoms with van der Waals surface area (Å²) in [6.45, 7) is 21.2. The van der Waals surface area contributed by atoms with E-state index in [4.69, 9.17) is 0 Å². The number of rotatable bonds is 9. The third-order valence-electron chi connectivity index (χ3n) is 11.0. The van der Waals surface area contributed by atoms with Gasteiger partial charge in [-0.05, 0) is 118 Å². The molecule has 0 heterocycles. The third-order valence-corrected chi connectivity index (χ3v) is 11.0. The molecule has 0 saturated heterocycles. The Morgan fingerprint density at radius 3 is 1.77 bits per heavy atom. The van der Waals surface area contributed by atoms with Crippen LogP contribution >= 0.6 is 0 Å². The smallest absolute Gasteiger partial charge is 0.000513 e. The van der Waals surface area contributed by atoms with Crippen LogP contribution in [0, 0.1) is 13.8 Å². The van der Waals surface area contributed by atoms with Crippen LogP contribution in [0.25, 0.3) is 38.2 Å². The molecule has 0 fully saturated rings. The van der Waals surface area contributed by atoms with Crippen molar-refractivity contribution in [3.05, 3.63) is 257 Å². The molecule has 0 heteroatoms. The van der Waals surface area contributed by atoms with Gasteiger partial charge in [0, 0.05) is 5.92 Å². The zero-order valence-corrected chi connectivity index (χ0v) is 37.7. The third kappa shape index (κ3) is 12.7. The van der Waals surface area contributed by atoms with Gasteiger partial charge in [-0.2, -0.15) is 0 Å². The maximum absolute atomic E-state index is 4.06. The first-order chi connectivity index (χ1) is 29.7. The number of hydrogen-bond donors (Lipinski definition) is 0. The van der Waals surface area contributed by atoms with Gasteiger partial charge in [-0.25, -0.2) is 0 Å². The van der Waals surface area contributed by atoms with E-state index in [9.17, 15) is 0 Å². The van der Waals surface area contributed by atoms with Gasteiger partial charge in [-0.3, -0.25) is 0 Å². The summed E-state index contributed by atoms with van der Waals surface area (Å²) >= 11 is 0. The molecule has 0 nitrogen and oxygen atoms in total. The first-order valence-electron chi connectivity index (χ1n) is 21.9. The van der Waals surface area contributed by atoms with E-state index in [1.54, 1.807) is 0 Å². The highest BCUT2D eigenvalue weighted by Crippen LogP contribution is 2.37. The molecule has 0 N–H and O–H groups in total. The van der Waals surface area contributed by atoms with Crippen molar-refractivity contribution >= 4 is 27.1 Å².